The molecule has 2 heterocycles. The molecule has 0 unspecified atom stereocenters. The maximum absolute atomic E-state index is 13.7. The highest BCUT2D eigenvalue weighted by Crippen LogP contribution is 2.40. The van der Waals surface area contributed by atoms with E-state index in [1.165, 1.54) is 20.3 Å². The fourth-order valence-corrected chi connectivity index (χ4v) is 7.18. The molecule has 14 atom stereocenters. The lowest BCUT2D eigenvalue weighted by molar-refractivity contribution is -0.313. The van der Waals surface area contributed by atoms with E-state index in [1.54, 1.807) is 45.1 Å². The van der Waals surface area contributed by atoms with Gasteiger partial charge >= 0.3 is 5.97 Å². The third kappa shape index (κ3) is 11.1. The average Bonchev–Trinajstić information content (AvgIpc) is 3.05. The Labute approximate surface area is 294 Å². The van der Waals surface area contributed by atoms with Crippen LogP contribution in [0, 0.1) is 35.5 Å². The first-order chi connectivity index (χ1) is 23.0. The number of allylic oxidation sites excluding steroid dienone is 6. The highest BCUT2D eigenvalue weighted by Gasteiger charge is 2.50. The summed E-state index contributed by atoms with van der Waals surface area (Å²) in [6.07, 6.45) is 7.35. The van der Waals surface area contributed by atoms with Crippen LogP contribution in [0.1, 0.15) is 81.6 Å². The smallest absolute Gasteiger partial charge is 0.373 e. The van der Waals surface area contributed by atoms with Crippen molar-refractivity contribution in [2.24, 2.45) is 35.5 Å². The largest absolute Gasteiger partial charge is 0.490 e. The Balaban J connectivity index is 2.59. The lowest BCUT2D eigenvalue weighted by Crippen LogP contribution is -2.58. The van der Waals surface area contributed by atoms with Crippen molar-refractivity contribution in [1.82, 2.24) is 0 Å². The number of rotatable bonds is 8. The maximum atomic E-state index is 13.7. The molecule has 10 heteroatoms. The van der Waals surface area contributed by atoms with Gasteiger partial charge in [0, 0.05) is 43.1 Å². The zero-order valence-electron chi connectivity index (χ0n) is 31.4. The lowest BCUT2D eigenvalue weighted by atomic mass is 9.77. The van der Waals surface area contributed by atoms with Crippen LogP contribution in [0.15, 0.2) is 59.4 Å². The zero-order valence-corrected chi connectivity index (χ0v) is 31.4. The number of cyclic esters (lactones) is 1. The molecule has 2 aliphatic rings. The molecule has 10 nitrogen and oxygen atoms in total. The summed E-state index contributed by atoms with van der Waals surface area (Å²) in [7, 11) is 2.84. The molecular weight excluding hydrogens is 628 g/mol. The number of hydrogen-bond acceptors (Lipinski definition) is 10. The van der Waals surface area contributed by atoms with Gasteiger partial charge in [0.1, 0.15) is 12.2 Å². The predicted molar refractivity (Wildman–Crippen MR) is 190 cm³/mol. The third-order valence-corrected chi connectivity index (χ3v) is 10.6. The normalized spacial score (nSPS) is 41.8. The Kier molecular flexibility index (Phi) is 16.9. The van der Waals surface area contributed by atoms with Gasteiger partial charge in [-0.1, -0.05) is 89.1 Å². The Morgan fingerprint density at radius 1 is 1.10 bits per heavy atom. The van der Waals surface area contributed by atoms with Crippen LogP contribution in [0.5, 0.6) is 0 Å². The van der Waals surface area contributed by atoms with Gasteiger partial charge in [0.2, 0.25) is 5.76 Å². The summed E-state index contributed by atoms with van der Waals surface area (Å²) in [6.45, 7) is 16.6. The number of ether oxygens (including phenoxy) is 4. The van der Waals surface area contributed by atoms with Gasteiger partial charge in [-0.3, -0.25) is 0 Å². The van der Waals surface area contributed by atoms with Crippen molar-refractivity contribution in [3.63, 3.8) is 0 Å². The van der Waals surface area contributed by atoms with E-state index < -0.39 is 66.3 Å². The van der Waals surface area contributed by atoms with Gasteiger partial charge in [0.15, 0.2) is 5.79 Å². The molecule has 49 heavy (non-hydrogen) atoms. The van der Waals surface area contributed by atoms with E-state index in [0.29, 0.717) is 18.4 Å². The number of hydrogen-bond donors (Lipinski definition) is 5. The molecule has 280 valence electrons. The summed E-state index contributed by atoms with van der Waals surface area (Å²) in [4.78, 5) is 13.7. The first-order valence-electron chi connectivity index (χ1n) is 17.7. The van der Waals surface area contributed by atoms with Crippen molar-refractivity contribution >= 4 is 5.97 Å². The summed E-state index contributed by atoms with van der Waals surface area (Å²) in [6, 6.07) is 0. The molecule has 0 aliphatic carbocycles. The summed E-state index contributed by atoms with van der Waals surface area (Å²) >= 11 is 0. The van der Waals surface area contributed by atoms with Crippen molar-refractivity contribution in [2.45, 2.75) is 130 Å². The molecule has 1 fully saturated rings. The molecule has 0 aromatic rings. The summed E-state index contributed by atoms with van der Waals surface area (Å²) in [5.74, 6) is -5.49. The number of aliphatic hydroxyl groups is 5. The van der Waals surface area contributed by atoms with Crippen molar-refractivity contribution in [1.29, 1.82) is 0 Å². The molecule has 2 rings (SSSR count). The predicted octanol–water partition coefficient (Wildman–Crippen LogP) is 5.00. The molecule has 0 amide bonds. The van der Waals surface area contributed by atoms with E-state index in [0.717, 1.165) is 5.57 Å². The van der Waals surface area contributed by atoms with Gasteiger partial charge in [-0.15, -0.1) is 0 Å². The molecule has 1 saturated heterocycles. The Morgan fingerprint density at radius 3 is 2.33 bits per heavy atom. The van der Waals surface area contributed by atoms with E-state index in [-0.39, 0.29) is 35.9 Å². The minimum atomic E-state index is -1.86. The Bertz CT molecular complexity index is 1210. The molecule has 0 bridgehead atoms. The molecule has 0 radical (unpaired) electrons. The summed E-state index contributed by atoms with van der Waals surface area (Å²) < 4.78 is 23.4. The Hall–Kier alpha value is -2.31. The number of aliphatic hydroxyl groups excluding tert-OH is 4. The van der Waals surface area contributed by atoms with Crippen LogP contribution in [0.3, 0.4) is 0 Å². The molecule has 0 aromatic heterocycles. The first-order valence-corrected chi connectivity index (χ1v) is 17.7. The van der Waals surface area contributed by atoms with Crippen LogP contribution in [0.25, 0.3) is 0 Å². The van der Waals surface area contributed by atoms with Crippen LogP contribution in [0.2, 0.25) is 0 Å². The third-order valence-electron chi connectivity index (χ3n) is 10.6. The van der Waals surface area contributed by atoms with Crippen molar-refractivity contribution in [3.8, 4) is 0 Å². The van der Waals surface area contributed by atoms with Gasteiger partial charge in [-0.2, -0.15) is 0 Å². The van der Waals surface area contributed by atoms with Gasteiger partial charge in [-0.25, -0.2) is 4.79 Å². The average molecular weight is 693 g/mol. The fraction of sp³-hybridized carbons (Fsp3) is 0.718. The second-order valence-corrected chi connectivity index (χ2v) is 14.4. The van der Waals surface area contributed by atoms with E-state index in [4.69, 9.17) is 18.9 Å². The monoisotopic (exact) mass is 692 g/mol. The summed E-state index contributed by atoms with van der Waals surface area (Å²) in [5, 5.41) is 56.7. The molecule has 0 saturated carbocycles. The molecule has 0 aromatic carbocycles. The minimum Gasteiger partial charge on any atom is -0.490 e. The van der Waals surface area contributed by atoms with E-state index in [2.05, 4.69) is 0 Å². The number of carbonyl (C=O) groups is 1. The lowest BCUT2D eigenvalue weighted by Gasteiger charge is -2.47. The second kappa shape index (κ2) is 19.3. The maximum Gasteiger partial charge on any atom is 0.373 e. The van der Waals surface area contributed by atoms with Crippen molar-refractivity contribution in [2.75, 3.05) is 14.2 Å². The minimum absolute atomic E-state index is 0.0906. The highest BCUT2D eigenvalue weighted by molar-refractivity contribution is 5.87. The van der Waals surface area contributed by atoms with Crippen molar-refractivity contribution in [3.05, 3.63) is 59.4 Å². The molecular formula is C39H64O10. The SMILES string of the molecule is C/C=C/[C@H]1O[C@@](O)([C@@H](C)[C@H](O)[C@H](C)[C@H]2OC(=O)/C(OC)=C/C(C)=C/[C@@H](C)[C@@H](O)[C@@H](CC)[C@@H](O)[C@H](C)C/C(C)=C/C=C/[C@@H]2OC)C[C@@H](O)[C@@H]1C. The van der Waals surface area contributed by atoms with E-state index in [9.17, 15) is 30.3 Å². The standard InChI is InChI=1S/C39H64O10/c1-12-15-31-26(7)30(40)21-39(45,49-31)28(9)36(43)27(8)37-32(46-10)17-14-16-22(3)18-24(5)34(41)29(13-2)35(42)25(6)19-23(4)20-33(47-11)38(44)48-37/h12,14-17,19-20,24-32,34-37,40-43,45H,13,18,21H2,1-11H3/b15-12+,17-14+,22-16+,23-19+,33-20-/t24-,25-,26+,27+,28+,29+,30-,31-,32+,34+,35-,36-,37-,39-/m1/s1. The van der Waals surface area contributed by atoms with Gasteiger partial charge in [0.05, 0.1) is 37.6 Å². The van der Waals surface area contributed by atoms with Gasteiger partial charge in [-0.05, 0) is 45.6 Å². The molecule has 5 N–H and O–H groups in total. The van der Waals surface area contributed by atoms with E-state index >= 15 is 0 Å². The highest BCUT2D eigenvalue weighted by atomic mass is 16.6. The van der Waals surface area contributed by atoms with Crippen LogP contribution in [0.4, 0.5) is 0 Å². The van der Waals surface area contributed by atoms with Crippen LogP contribution >= 0.6 is 0 Å². The van der Waals surface area contributed by atoms with E-state index in [1.807, 2.05) is 53.7 Å². The number of esters is 1. The van der Waals surface area contributed by atoms with Crippen LogP contribution in [-0.2, 0) is 23.7 Å². The van der Waals surface area contributed by atoms with Crippen molar-refractivity contribution < 1.29 is 49.3 Å². The van der Waals surface area contributed by atoms with Crippen LogP contribution < -0.4 is 0 Å². The molecule has 0 spiro atoms. The fourth-order valence-electron chi connectivity index (χ4n) is 7.18. The zero-order chi connectivity index (χ0) is 37.2. The van der Waals surface area contributed by atoms with Crippen LogP contribution in [-0.4, -0.2) is 94.2 Å². The molecule has 2 aliphatic heterocycles. The number of methoxy groups -OCH3 is 2. The second-order valence-electron chi connectivity index (χ2n) is 14.4. The first kappa shape index (κ1) is 42.9. The summed E-state index contributed by atoms with van der Waals surface area (Å²) in [5.41, 5.74) is 1.64. The van der Waals surface area contributed by atoms with Gasteiger partial charge in [0.25, 0.3) is 0 Å². The topological polar surface area (TPSA) is 155 Å². The Morgan fingerprint density at radius 2 is 1.76 bits per heavy atom. The van der Waals surface area contributed by atoms with Gasteiger partial charge < -0.3 is 44.5 Å². The number of carbonyl (C=O) groups excluding carboxylic acids is 1. The quantitative estimate of drug-likeness (QED) is 0.173.